The smallest absolute Gasteiger partial charge is 0.457 e. The van der Waals surface area contributed by atoms with Gasteiger partial charge in [-0.05, 0) is 54.1 Å². The fourth-order valence-corrected chi connectivity index (χ4v) is 2.32. The van der Waals surface area contributed by atoms with Crippen molar-refractivity contribution < 1.29 is 22.6 Å². The summed E-state index contributed by atoms with van der Waals surface area (Å²) in [6, 6.07) is 22.6. The third-order valence-electron chi connectivity index (χ3n) is 3.46. The number of ether oxygens (including phenoxy) is 2. The molecule has 1 N–H and O–H groups in total. The summed E-state index contributed by atoms with van der Waals surface area (Å²) in [4.78, 5) is 0. The third-order valence-corrected chi connectivity index (χ3v) is 3.46. The maximum absolute atomic E-state index is 12.3. The highest BCUT2D eigenvalue weighted by atomic mass is 19.4. The molecule has 0 amide bonds. The van der Waals surface area contributed by atoms with Crippen LogP contribution in [0, 0.1) is 0 Å². The summed E-state index contributed by atoms with van der Waals surface area (Å²) >= 11 is 0. The van der Waals surface area contributed by atoms with E-state index in [9.17, 15) is 13.2 Å². The molecule has 0 bridgehead atoms. The van der Waals surface area contributed by atoms with E-state index in [1.165, 1.54) is 18.2 Å². The molecular weight excluding hydrogens is 343 g/mol. The summed E-state index contributed by atoms with van der Waals surface area (Å²) < 4.78 is 46.4. The maximum atomic E-state index is 12.3. The number of hydrogen-bond donors (Lipinski definition) is 1. The Kier molecular flexibility index (Phi) is 5.31. The molecule has 0 aliphatic rings. The second-order valence-electron chi connectivity index (χ2n) is 5.49. The first-order chi connectivity index (χ1) is 12.5. The van der Waals surface area contributed by atoms with Crippen molar-refractivity contribution in [3.05, 3.63) is 84.4 Å². The number of para-hydroxylation sites is 1. The lowest BCUT2D eigenvalue weighted by molar-refractivity contribution is -0.274. The summed E-state index contributed by atoms with van der Waals surface area (Å²) in [5.41, 5.74) is 1.50. The molecule has 0 radical (unpaired) electrons. The van der Waals surface area contributed by atoms with Crippen LogP contribution in [-0.2, 0) is 6.54 Å². The highest BCUT2D eigenvalue weighted by Gasteiger charge is 2.31. The second-order valence-corrected chi connectivity index (χ2v) is 5.49. The summed E-state index contributed by atoms with van der Waals surface area (Å²) in [6.07, 6.45) is -4.69. The SMILES string of the molecule is FC(F)(F)Oc1cccc(CNc2ccc(Oc3ccccc3)cc2)c1. The normalized spacial score (nSPS) is 11.0. The molecule has 0 unspecified atom stereocenters. The molecule has 3 aromatic carbocycles. The number of halogens is 3. The van der Waals surface area contributed by atoms with Crippen molar-refractivity contribution in [2.24, 2.45) is 0 Å². The first-order valence-corrected chi connectivity index (χ1v) is 7.89. The molecule has 0 atom stereocenters. The molecule has 26 heavy (non-hydrogen) atoms. The predicted molar refractivity (Wildman–Crippen MR) is 93.4 cm³/mol. The largest absolute Gasteiger partial charge is 0.573 e. The highest BCUT2D eigenvalue weighted by Crippen LogP contribution is 2.25. The number of alkyl halides is 3. The Morgan fingerprint density at radius 3 is 2.08 bits per heavy atom. The number of rotatable bonds is 6. The van der Waals surface area contributed by atoms with E-state index < -0.39 is 6.36 Å². The Morgan fingerprint density at radius 1 is 0.731 bits per heavy atom. The Bertz CT molecular complexity index is 834. The van der Waals surface area contributed by atoms with Crippen LogP contribution in [0.25, 0.3) is 0 Å². The van der Waals surface area contributed by atoms with Gasteiger partial charge >= 0.3 is 6.36 Å². The molecule has 0 heterocycles. The standard InChI is InChI=1S/C20H16F3NO2/c21-20(22,23)26-19-8-4-5-15(13-19)14-24-16-9-11-18(12-10-16)25-17-6-2-1-3-7-17/h1-13,24H,14H2. The average molecular weight is 359 g/mol. The molecule has 134 valence electrons. The number of anilines is 1. The van der Waals surface area contributed by atoms with Gasteiger partial charge in [-0.25, -0.2) is 0 Å². The van der Waals surface area contributed by atoms with Crippen molar-refractivity contribution >= 4 is 5.69 Å². The lowest BCUT2D eigenvalue weighted by Crippen LogP contribution is -2.17. The van der Waals surface area contributed by atoms with E-state index in [2.05, 4.69) is 10.1 Å². The van der Waals surface area contributed by atoms with E-state index in [-0.39, 0.29) is 5.75 Å². The summed E-state index contributed by atoms with van der Waals surface area (Å²) in [5, 5.41) is 3.15. The molecule has 0 aliphatic heterocycles. The van der Waals surface area contributed by atoms with Crippen molar-refractivity contribution in [3.63, 3.8) is 0 Å². The zero-order valence-electron chi connectivity index (χ0n) is 13.7. The van der Waals surface area contributed by atoms with Gasteiger partial charge in [-0.2, -0.15) is 0 Å². The van der Waals surface area contributed by atoms with E-state index in [0.717, 1.165) is 11.4 Å². The minimum Gasteiger partial charge on any atom is -0.457 e. The van der Waals surface area contributed by atoms with Gasteiger partial charge in [0.25, 0.3) is 0 Å². The van der Waals surface area contributed by atoms with Crippen LogP contribution >= 0.6 is 0 Å². The van der Waals surface area contributed by atoms with Crippen LogP contribution in [0.5, 0.6) is 17.2 Å². The van der Waals surface area contributed by atoms with Crippen LogP contribution in [0.3, 0.4) is 0 Å². The highest BCUT2D eigenvalue weighted by molar-refractivity contribution is 5.48. The zero-order valence-corrected chi connectivity index (χ0v) is 13.7. The van der Waals surface area contributed by atoms with Crippen molar-refractivity contribution in [1.29, 1.82) is 0 Å². The second kappa shape index (κ2) is 7.82. The molecule has 3 nitrogen and oxygen atoms in total. The third kappa shape index (κ3) is 5.44. The van der Waals surface area contributed by atoms with E-state index in [4.69, 9.17) is 4.74 Å². The number of nitrogens with one attached hydrogen (secondary N) is 1. The van der Waals surface area contributed by atoms with Crippen LogP contribution in [0.1, 0.15) is 5.56 Å². The van der Waals surface area contributed by atoms with Crippen molar-refractivity contribution in [2.75, 3.05) is 5.32 Å². The summed E-state index contributed by atoms with van der Waals surface area (Å²) in [6.45, 7) is 0.369. The van der Waals surface area contributed by atoms with E-state index >= 15 is 0 Å². The van der Waals surface area contributed by atoms with Gasteiger partial charge in [-0.1, -0.05) is 30.3 Å². The van der Waals surface area contributed by atoms with Gasteiger partial charge in [0.05, 0.1) is 0 Å². The predicted octanol–water partition coefficient (Wildman–Crippen LogP) is 5.99. The van der Waals surface area contributed by atoms with Gasteiger partial charge in [0.1, 0.15) is 17.2 Å². The lowest BCUT2D eigenvalue weighted by Gasteiger charge is -2.11. The maximum Gasteiger partial charge on any atom is 0.573 e. The van der Waals surface area contributed by atoms with Gasteiger partial charge in [0.15, 0.2) is 0 Å². The van der Waals surface area contributed by atoms with Crippen LogP contribution in [-0.4, -0.2) is 6.36 Å². The van der Waals surface area contributed by atoms with Crippen LogP contribution < -0.4 is 14.8 Å². The number of hydrogen-bond acceptors (Lipinski definition) is 3. The molecule has 0 fully saturated rings. The Hall–Kier alpha value is -3.15. The first kappa shape index (κ1) is 17.7. The molecular formula is C20H16F3NO2. The van der Waals surface area contributed by atoms with Crippen molar-refractivity contribution in [1.82, 2.24) is 0 Å². The molecule has 3 rings (SSSR count). The number of benzene rings is 3. The Morgan fingerprint density at radius 2 is 1.38 bits per heavy atom. The van der Waals surface area contributed by atoms with E-state index in [0.29, 0.717) is 17.9 Å². The van der Waals surface area contributed by atoms with Crippen molar-refractivity contribution in [2.45, 2.75) is 12.9 Å². The monoisotopic (exact) mass is 359 g/mol. The molecule has 6 heteroatoms. The quantitative estimate of drug-likeness (QED) is 0.586. The molecule has 0 spiro atoms. The molecule has 0 aliphatic carbocycles. The van der Waals surface area contributed by atoms with Crippen LogP contribution in [0.2, 0.25) is 0 Å². The average Bonchev–Trinajstić information content (AvgIpc) is 2.61. The molecule has 0 aromatic heterocycles. The Labute approximate surface area is 149 Å². The van der Waals surface area contributed by atoms with Gasteiger partial charge in [0.2, 0.25) is 0 Å². The topological polar surface area (TPSA) is 30.5 Å². The summed E-state index contributed by atoms with van der Waals surface area (Å²) in [7, 11) is 0. The van der Waals surface area contributed by atoms with Gasteiger partial charge < -0.3 is 14.8 Å². The van der Waals surface area contributed by atoms with Gasteiger partial charge in [-0.3, -0.25) is 0 Å². The molecule has 0 saturated heterocycles. The first-order valence-electron chi connectivity index (χ1n) is 7.89. The summed E-state index contributed by atoms with van der Waals surface area (Å²) in [5.74, 6) is 1.21. The van der Waals surface area contributed by atoms with Crippen LogP contribution in [0.15, 0.2) is 78.9 Å². The van der Waals surface area contributed by atoms with E-state index in [1.807, 2.05) is 54.6 Å². The Balaban J connectivity index is 1.57. The minimum atomic E-state index is -4.69. The fraction of sp³-hybridized carbons (Fsp3) is 0.100. The fourth-order valence-electron chi connectivity index (χ4n) is 2.32. The molecule has 0 saturated carbocycles. The van der Waals surface area contributed by atoms with Crippen LogP contribution in [0.4, 0.5) is 18.9 Å². The van der Waals surface area contributed by atoms with E-state index in [1.54, 1.807) is 6.07 Å². The van der Waals surface area contributed by atoms with Gasteiger partial charge in [-0.15, -0.1) is 13.2 Å². The molecule has 3 aromatic rings. The minimum absolute atomic E-state index is 0.233. The van der Waals surface area contributed by atoms with Crippen molar-refractivity contribution in [3.8, 4) is 17.2 Å². The lowest BCUT2D eigenvalue weighted by atomic mass is 10.2. The zero-order chi connectivity index (χ0) is 18.4. The van der Waals surface area contributed by atoms with Gasteiger partial charge in [0, 0.05) is 12.2 Å².